The Morgan fingerprint density at radius 3 is 2.21 bits per heavy atom. The Kier molecular flexibility index (Phi) is 5.25. The van der Waals surface area contributed by atoms with E-state index < -0.39 is 17.3 Å². The van der Waals surface area contributed by atoms with Gasteiger partial charge in [0, 0.05) is 5.92 Å². The predicted octanol–water partition coefficient (Wildman–Crippen LogP) is 4.98. The molecule has 0 bridgehead atoms. The number of methoxy groups -OCH3 is 1. The van der Waals surface area contributed by atoms with Crippen LogP contribution < -0.4 is 4.74 Å². The van der Waals surface area contributed by atoms with Crippen LogP contribution in [0.1, 0.15) is 45.1 Å². The molecule has 1 N–H and O–H groups in total. The second-order valence-corrected chi connectivity index (χ2v) is 9.10. The van der Waals surface area contributed by atoms with Gasteiger partial charge in [0.15, 0.2) is 5.41 Å². The fraction of sp³-hybridized carbons (Fsp3) is 0.500. The molecule has 1 aromatic carbocycles. The fourth-order valence-electron chi connectivity index (χ4n) is 4.92. The van der Waals surface area contributed by atoms with Crippen molar-refractivity contribution in [2.24, 2.45) is 28.6 Å². The summed E-state index contributed by atoms with van der Waals surface area (Å²) in [5.41, 5.74) is 0.0566. The van der Waals surface area contributed by atoms with Crippen LogP contribution in [-0.4, -0.2) is 12.8 Å². The largest absolute Gasteiger partial charge is 0.497 e. The molecule has 2 aliphatic rings. The van der Waals surface area contributed by atoms with Crippen LogP contribution in [0.15, 0.2) is 35.9 Å². The summed E-state index contributed by atoms with van der Waals surface area (Å²) in [6, 6.07) is 13.9. The van der Waals surface area contributed by atoms with Crippen molar-refractivity contribution in [3.05, 3.63) is 41.5 Å². The van der Waals surface area contributed by atoms with E-state index >= 15 is 0 Å². The minimum Gasteiger partial charge on any atom is -0.497 e. The van der Waals surface area contributed by atoms with E-state index in [-0.39, 0.29) is 17.0 Å². The van der Waals surface area contributed by atoms with Gasteiger partial charge in [-0.05, 0) is 53.4 Å². The van der Waals surface area contributed by atoms with E-state index in [1.165, 1.54) is 0 Å². The summed E-state index contributed by atoms with van der Waals surface area (Å²) in [4.78, 5) is 0. The quantitative estimate of drug-likeness (QED) is 0.723. The first-order valence-corrected chi connectivity index (χ1v) is 9.88. The van der Waals surface area contributed by atoms with Crippen LogP contribution in [0, 0.1) is 68.0 Å². The third-order valence-electron chi connectivity index (χ3n) is 6.70. The summed E-state index contributed by atoms with van der Waals surface area (Å²) < 4.78 is 5.26. The lowest BCUT2D eigenvalue weighted by Crippen LogP contribution is -2.50. The highest BCUT2D eigenvalue weighted by molar-refractivity contribution is 6.00. The van der Waals surface area contributed by atoms with E-state index in [4.69, 9.17) is 10.1 Å². The number of hydrogen-bond donors (Lipinski definition) is 1. The van der Waals surface area contributed by atoms with Crippen molar-refractivity contribution < 1.29 is 4.74 Å². The molecule has 3 rings (SSSR count). The number of allylic oxidation sites excluding steroid dienone is 2. The van der Waals surface area contributed by atoms with Gasteiger partial charge in [-0.25, -0.2) is 0 Å². The molecule has 0 aliphatic heterocycles. The molecule has 29 heavy (non-hydrogen) atoms. The number of nitrogens with one attached hydrogen (secondary N) is 1. The average molecular weight is 386 g/mol. The summed E-state index contributed by atoms with van der Waals surface area (Å²) in [6.45, 7) is 6.61. The highest BCUT2D eigenvalue weighted by Gasteiger charge is 2.58. The minimum absolute atomic E-state index is 0.0710. The first-order valence-electron chi connectivity index (χ1n) is 9.88. The molecule has 5 heteroatoms. The molecule has 5 nitrogen and oxygen atoms in total. The molecule has 0 radical (unpaired) electrons. The molecule has 148 valence electrons. The molecule has 1 aromatic rings. The summed E-state index contributed by atoms with van der Waals surface area (Å²) in [5.74, 6) is -0.356. The Balaban J connectivity index is 2.22. The van der Waals surface area contributed by atoms with Crippen molar-refractivity contribution in [1.82, 2.24) is 0 Å². The van der Waals surface area contributed by atoms with Gasteiger partial charge in [0.1, 0.15) is 11.7 Å². The maximum Gasteiger partial charge on any atom is 0.189 e. The van der Waals surface area contributed by atoms with Gasteiger partial charge in [0.2, 0.25) is 0 Å². The second kappa shape index (κ2) is 7.38. The Bertz CT molecular complexity index is 949. The highest BCUT2D eigenvalue weighted by Crippen LogP contribution is 2.57. The smallest absolute Gasteiger partial charge is 0.189 e. The van der Waals surface area contributed by atoms with E-state index in [0.717, 1.165) is 24.0 Å². The number of benzene rings is 1. The number of rotatable bonds is 2. The van der Waals surface area contributed by atoms with Crippen LogP contribution in [0.2, 0.25) is 0 Å². The van der Waals surface area contributed by atoms with Gasteiger partial charge in [0.05, 0.1) is 31.0 Å². The molecular weight excluding hydrogens is 360 g/mol. The molecule has 0 heterocycles. The Hall–Kier alpha value is -3.10. The Labute approximate surface area is 172 Å². The van der Waals surface area contributed by atoms with Gasteiger partial charge >= 0.3 is 0 Å². The van der Waals surface area contributed by atoms with Crippen molar-refractivity contribution in [1.29, 1.82) is 21.2 Å². The number of fused-ring (bicyclic) bond motifs is 1. The van der Waals surface area contributed by atoms with Gasteiger partial charge in [-0.15, -0.1) is 0 Å². The van der Waals surface area contributed by atoms with E-state index in [9.17, 15) is 15.8 Å². The van der Waals surface area contributed by atoms with Gasteiger partial charge in [-0.3, -0.25) is 0 Å². The third-order valence-corrected chi connectivity index (χ3v) is 6.70. The van der Waals surface area contributed by atoms with Gasteiger partial charge in [-0.1, -0.05) is 39.0 Å². The number of hydrogen-bond acceptors (Lipinski definition) is 5. The Morgan fingerprint density at radius 1 is 1.10 bits per heavy atom. The van der Waals surface area contributed by atoms with Crippen LogP contribution in [0.25, 0.3) is 0 Å². The maximum absolute atomic E-state index is 10.1. The van der Waals surface area contributed by atoms with E-state index in [1.807, 2.05) is 24.3 Å². The Morgan fingerprint density at radius 2 is 1.72 bits per heavy atom. The summed E-state index contributed by atoms with van der Waals surface area (Å²) in [7, 11) is 1.59. The van der Waals surface area contributed by atoms with E-state index in [0.29, 0.717) is 11.7 Å². The van der Waals surface area contributed by atoms with Crippen LogP contribution in [0.5, 0.6) is 5.75 Å². The molecule has 0 spiro atoms. The van der Waals surface area contributed by atoms with Crippen LogP contribution >= 0.6 is 0 Å². The predicted molar refractivity (Wildman–Crippen MR) is 110 cm³/mol. The molecule has 0 aromatic heterocycles. The van der Waals surface area contributed by atoms with Crippen molar-refractivity contribution in [3.8, 4) is 24.0 Å². The van der Waals surface area contributed by atoms with Crippen molar-refractivity contribution >= 4 is 5.71 Å². The number of nitriles is 3. The van der Waals surface area contributed by atoms with Gasteiger partial charge in [0.25, 0.3) is 0 Å². The monoisotopic (exact) mass is 386 g/mol. The average Bonchev–Trinajstić information content (AvgIpc) is 2.72. The zero-order chi connectivity index (χ0) is 21.4. The lowest BCUT2D eigenvalue weighted by Gasteiger charge is -2.49. The molecule has 1 unspecified atom stereocenters. The van der Waals surface area contributed by atoms with Crippen LogP contribution in [0.3, 0.4) is 0 Å². The second-order valence-electron chi connectivity index (χ2n) is 9.10. The number of ether oxygens (including phenoxy) is 1. The zero-order valence-electron chi connectivity index (χ0n) is 17.4. The van der Waals surface area contributed by atoms with Crippen LogP contribution in [-0.2, 0) is 0 Å². The highest BCUT2D eigenvalue weighted by atomic mass is 16.5. The van der Waals surface area contributed by atoms with Gasteiger partial charge in [-0.2, -0.15) is 15.8 Å². The maximum atomic E-state index is 10.1. The summed E-state index contributed by atoms with van der Waals surface area (Å²) >= 11 is 0. The third kappa shape index (κ3) is 3.20. The molecule has 1 saturated carbocycles. The molecule has 0 amide bonds. The molecular formula is C24H26N4O. The standard InChI is InChI=1S/C24H26N4O/c1-23(2,3)16-7-10-18-19(11-16)21(15-5-8-17(29-4)9-6-15)24(13-26,14-27)22(28)20(18)12-25/h5-6,8-10,16,19-21,28H,7,11H2,1-4H3/t16-,19+,20?,21+/m1/s1. The van der Waals surface area contributed by atoms with Crippen molar-refractivity contribution in [2.75, 3.05) is 7.11 Å². The topological polar surface area (TPSA) is 104 Å². The summed E-state index contributed by atoms with van der Waals surface area (Å²) in [5, 5.41) is 38.7. The molecule has 0 saturated heterocycles. The van der Waals surface area contributed by atoms with E-state index in [1.54, 1.807) is 7.11 Å². The molecule has 2 aliphatic carbocycles. The zero-order valence-corrected chi connectivity index (χ0v) is 17.4. The fourth-order valence-corrected chi connectivity index (χ4v) is 4.92. The molecule has 1 fully saturated rings. The lowest BCUT2D eigenvalue weighted by atomic mass is 9.51. The van der Waals surface area contributed by atoms with E-state index in [2.05, 4.69) is 45.1 Å². The first kappa shape index (κ1) is 20.6. The normalized spacial score (nSPS) is 28.2. The minimum atomic E-state index is -1.66. The van der Waals surface area contributed by atoms with Gasteiger partial charge < -0.3 is 10.1 Å². The lowest BCUT2D eigenvalue weighted by molar-refractivity contribution is 0.168. The summed E-state index contributed by atoms with van der Waals surface area (Å²) in [6.07, 6.45) is 3.74. The first-order chi connectivity index (χ1) is 13.7. The molecule has 4 atom stereocenters. The SMILES string of the molecule is COc1ccc([C@H]2[C@H]3C[C@H](C(C)(C)C)CC=C3C(C#N)C(=N)C2(C#N)C#N)cc1. The van der Waals surface area contributed by atoms with Crippen molar-refractivity contribution in [2.45, 2.75) is 39.5 Å². The number of nitrogens with zero attached hydrogens (tertiary/aromatic N) is 3. The van der Waals surface area contributed by atoms with Crippen molar-refractivity contribution in [3.63, 3.8) is 0 Å². The van der Waals surface area contributed by atoms with Crippen LogP contribution in [0.4, 0.5) is 0 Å².